The van der Waals surface area contributed by atoms with E-state index in [1.807, 2.05) is 0 Å². The summed E-state index contributed by atoms with van der Waals surface area (Å²) in [6.45, 7) is 0. The number of rotatable bonds is 5. The molecule has 1 unspecified atom stereocenters. The van der Waals surface area contributed by atoms with E-state index in [0.717, 1.165) is 7.11 Å². The quantitative estimate of drug-likeness (QED) is 0.623. The number of methoxy groups -OCH3 is 2. The van der Waals surface area contributed by atoms with Crippen LogP contribution < -0.4 is 16.0 Å². The fourth-order valence-corrected chi connectivity index (χ4v) is 4.00. The molecular formula is C24H21ClN4O5. The number of nitrogens with zero attached hydrogens (tertiary/aromatic N) is 2. The zero-order chi connectivity index (χ0) is 25.0. The van der Waals surface area contributed by atoms with Gasteiger partial charge < -0.3 is 20.5 Å². The fraction of sp³-hybridized carbons (Fsp3) is 0.167. The van der Waals surface area contributed by atoms with Crippen molar-refractivity contribution < 1.29 is 23.9 Å². The average Bonchev–Trinajstić information content (AvgIpc) is 2.86. The average molecular weight is 481 g/mol. The Morgan fingerprint density at radius 2 is 1.74 bits per heavy atom. The molecule has 1 amide bonds. The van der Waals surface area contributed by atoms with Crippen molar-refractivity contribution in [3.05, 3.63) is 87.3 Å². The third-order valence-electron chi connectivity index (χ3n) is 5.29. The molecule has 0 aliphatic carbocycles. The van der Waals surface area contributed by atoms with Crippen LogP contribution in [0.5, 0.6) is 0 Å². The largest absolute Gasteiger partial charge is 0.466 e. The van der Waals surface area contributed by atoms with Crippen molar-refractivity contribution in [2.45, 2.75) is 5.92 Å². The molecule has 10 heteroatoms. The molecule has 2 aromatic rings. The number of hydrogen-bond donors (Lipinski definition) is 2. The molecule has 174 valence electrons. The molecule has 1 heterocycles. The van der Waals surface area contributed by atoms with E-state index in [0.29, 0.717) is 5.56 Å². The van der Waals surface area contributed by atoms with E-state index in [9.17, 15) is 19.6 Å². The number of ether oxygens (including phenoxy) is 2. The lowest BCUT2D eigenvalue weighted by Crippen LogP contribution is -2.40. The first kappa shape index (κ1) is 24.4. The minimum atomic E-state index is -0.982. The van der Waals surface area contributed by atoms with Crippen LogP contribution in [0.15, 0.2) is 71.2 Å². The maximum atomic E-state index is 13.0. The number of hydrogen-bond acceptors (Lipinski definition) is 8. The van der Waals surface area contributed by atoms with Gasteiger partial charge in [0.1, 0.15) is 11.5 Å². The monoisotopic (exact) mass is 480 g/mol. The minimum Gasteiger partial charge on any atom is -0.466 e. The molecule has 1 aliphatic heterocycles. The predicted octanol–water partition coefficient (Wildman–Crippen LogP) is 2.60. The first-order valence-electron chi connectivity index (χ1n) is 9.97. The zero-order valence-electron chi connectivity index (χ0n) is 18.6. The standard InChI is InChI=1S/C24H21ClN4O5/c1-28-22(30)15-10-9-14(11-17(15)25)29-20(24(32)34-3)19(23(31)33-2)18(16(12-26)21(29)27)13-7-5-4-6-8-13/h4-11,18H,27H2,1-3H3,(H,28,30). The van der Waals surface area contributed by atoms with E-state index < -0.39 is 23.8 Å². The summed E-state index contributed by atoms with van der Waals surface area (Å²) in [5.41, 5.74) is 7.05. The highest BCUT2D eigenvalue weighted by atomic mass is 35.5. The number of benzene rings is 2. The van der Waals surface area contributed by atoms with Gasteiger partial charge in [0.05, 0.1) is 47.9 Å². The first-order chi connectivity index (χ1) is 16.3. The second kappa shape index (κ2) is 10.1. The Hall–Kier alpha value is -4.29. The first-order valence-corrected chi connectivity index (χ1v) is 10.4. The molecule has 0 spiro atoms. The number of esters is 2. The summed E-state index contributed by atoms with van der Waals surface area (Å²) >= 11 is 6.32. The Morgan fingerprint density at radius 1 is 1.09 bits per heavy atom. The molecule has 0 aromatic heterocycles. The zero-order valence-corrected chi connectivity index (χ0v) is 19.3. The molecule has 2 aromatic carbocycles. The van der Waals surface area contributed by atoms with Crippen LogP contribution in [0.4, 0.5) is 5.69 Å². The van der Waals surface area contributed by atoms with E-state index in [4.69, 9.17) is 26.8 Å². The number of anilines is 1. The van der Waals surface area contributed by atoms with E-state index in [1.165, 1.54) is 37.3 Å². The maximum Gasteiger partial charge on any atom is 0.355 e. The normalized spacial score (nSPS) is 15.5. The highest BCUT2D eigenvalue weighted by molar-refractivity contribution is 6.34. The van der Waals surface area contributed by atoms with Gasteiger partial charge in [0.15, 0.2) is 0 Å². The van der Waals surface area contributed by atoms with Crippen LogP contribution in [0, 0.1) is 11.3 Å². The van der Waals surface area contributed by atoms with E-state index in [-0.39, 0.29) is 38.9 Å². The summed E-state index contributed by atoms with van der Waals surface area (Å²) in [7, 11) is 3.78. The van der Waals surface area contributed by atoms with Crippen LogP contribution in [0.1, 0.15) is 21.8 Å². The molecule has 0 saturated carbocycles. The van der Waals surface area contributed by atoms with Crippen molar-refractivity contribution >= 4 is 35.1 Å². The van der Waals surface area contributed by atoms with Crippen molar-refractivity contribution in [3.63, 3.8) is 0 Å². The Labute approximate surface area is 201 Å². The topological polar surface area (TPSA) is 135 Å². The van der Waals surface area contributed by atoms with Crippen molar-refractivity contribution in [2.24, 2.45) is 5.73 Å². The van der Waals surface area contributed by atoms with Crippen LogP contribution >= 0.6 is 11.6 Å². The van der Waals surface area contributed by atoms with Gasteiger partial charge in [-0.15, -0.1) is 0 Å². The molecule has 0 saturated heterocycles. The lowest BCUT2D eigenvalue weighted by molar-refractivity contribution is -0.139. The lowest BCUT2D eigenvalue weighted by Gasteiger charge is -2.36. The van der Waals surface area contributed by atoms with Crippen molar-refractivity contribution in [2.75, 3.05) is 26.2 Å². The molecule has 0 bridgehead atoms. The number of allylic oxidation sites excluding steroid dienone is 1. The Bertz CT molecular complexity index is 1260. The van der Waals surface area contributed by atoms with Crippen LogP contribution in [0.3, 0.4) is 0 Å². The number of nitriles is 1. The molecule has 0 radical (unpaired) electrons. The van der Waals surface area contributed by atoms with Gasteiger partial charge in [-0.1, -0.05) is 41.9 Å². The summed E-state index contributed by atoms with van der Waals surface area (Å²) in [4.78, 5) is 39.3. The molecule has 1 atom stereocenters. The Morgan fingerprint density at radius 3 is 2.26 bits per heavy atom. The summed E-state index contributed by atoms with van der Waals surface area (Å²) in [6, 6.07) is 15.0. The highest BCUT2D eigenvalue weighted by Crippen LogP contribution is 2.43. The van der Waals surface area contributed by atoms with E-state index in [1.54, 1.807) is 30.3 Å². The van der Waals surface area contributed by atoms with Crippen molar-refractivity contribution in [1.29, 1.82) is 5.26 Å². The molecular weight excluding hydrogens is 460 g/mol. The van der Waals surface area contributed by atoms with Gasteiger partial charge in [-0.25, -0.2) is 9.59 Å². The Kier molecular flexibility index (Phi) is 7.24. The van der Waals surface area contributed by atoms with Gasteiger partial charge in [-0.2, -0.15) is 5.26 Å². The van der Waals surface area contributed by atoms with Gasteiger partial charge in [0.25, 0.3) is 5.91 Å². The number of halogens is 1. The van der Waals surface area contributed by atoms with Crippen molar-refractivity contribution in [3.8, 4) is 6.07 Å². The second-order valence-electron chi connectivity index (χ2n) is 7.08. The molecule has 0 fully saturated rings. The van der Waals surface area contributed by atoms with E-state index >= 15 is 0 Å². The smallest absolute Gasteiger partial charge is 0.355 e. The molecule has 34 heavy (non-hydrogen) atoms. The van der Waals surface area contributed by atoms with E-state index in [2.05, 4.69) is 11.4 Å². The summed E-state index contributed by atoms with van der Waals surface area (Å²) in [5, 5.41) is 12.6. The molecule has 1 aliphatic rings. The Balaban J connectivity index is 2.37. The minimum absolute atomic E-state index is 0.0192. The third-order valence-corrected chi connectivity index (χ3v) is 5.61. The number of carbonyl (C=O) groups is 3. The summed E-state index contributed by atoms with van der Waals surface area (Å²) in [5.74, 6) is -3.22. The number of amides is 1. The van der Waals surface area contributed by atoms with Gasteiger partial charge in [0, 0.05) is 12.7 Å². The lowest BCUT2D eigenvalue weighted by atomic mass is 9.81. The SMILES string of the molecule is CNC(=O)c1ccc(N2C(N)=C(C#N)C(c3ccccc3)C(C(=O)OC)=C2C(=O)OC)cc1Cl. The van der Waals surface area contributed by atoms with Gasteiger partial charge in [-0.05, 0) is 23.8 Å². The van der Waals surface area contributed by atoms with Gasteiger partial charge >= 0.3 is 11.9 Å². The highest BCUT2D eigenvalue weighted by Gasteiger charge is 2.43. The number of carbonyl (C=O) groups excluding carboxylic acids is 3. The molecule has 3 N–H and O–H groups in total. The van der Waals surface area contributed by atoms with Crippen LogP contribution in [0.2, 0.25) is 5.02 Å². The van der Waals surface area contributed by atoms with Crippen molar-refractivity contribution in [1.82, 2.24) is 5.32 Å². The van der Waals surface area contributed by atoms with Crippen LogP contribution in [-0.4, -0.2) is 39.1 Å². The second-order valence-corrected chi connectivity index (χ2v) is 7.49. The number of nitrogens with one attached hydrogen (secondary N) is 1. The fourth-order valence-electron chi connectivity index (χ4n) is 3.74. The predicted molar refractivity (Wildman–Crippen MR) is 124 cm³/mol. The maximum absolute atomic E-state index is 13.0. The third kappa shape index (κ3) is 4.19. The van der Waals surface area contributed by atoms with Gasteiger partial charge in [0.2, 0.25) is 0 Å². The molecule has 9 nitrogen and oxygen atoms in total. The molecule has 3 rings (SSSR count). The van der Waals surface area contributed by atoms with Gasteiger partial charge in [-0.3, -0.25) is 9.69 Å². The van der Waals surface area contributed by atoms with Crippen LogP contribution in [0.25, 0.3) is 0 Å². The summed E-state index contributed by atoms with van der Waals surface area (Å²) < 4.78 is 9.96. The summed E-state index contributed by atoms with van der Waals surface area (Å²) in [6.07, 6.45) is 0. The number of nitrogens with two attached hydrogens (primary N) is 1. The van der Waals surface area contributed by atoms with Crippen LogP contribution in [-0.2, 0) is 19.1 Å².